The number of aliphatic hydroxyl groups is 1. The lowest BCUT2D eigenvalue weighted by molar-refractivity contribution is -0.149. The van der Waals surface area contributed by atoms with Crippen LogP contribution in [0.15, 0.2) is 35.1 Å². The molecule has 11 heteroatoms. The van der Waals surface area contributed by atoms with Gasteiger partial charge in [-0.3, -0.25) is 9.59 Å². The highest BCUT2D eigenvalue weighted by atomic mass is 19.2. The first-order valence-corrected chi connectivity index (χ1v) is 11.6. The van der Waals surface area contributed by atoms with E-state index in [0.29, 0.717) is 18.2 Å². The van der Waals surface area contributed by atoms with E-state index >= 15 is 13.2 Å². The van der Waals surface area contributed by atoms with Crippen LogP contribution in [-0.4, -0.2) is 20.6 Å². The number of ether oxygens (including phenoxy) is 1. The Morgan fingerprint density at radius 2 is 1.61 bits per heavy atom. The van der Waals surface area contributed by atoms with Gasteiger partial charge >= 0.3 is 5.97 Å². The smallest absolute Gasteiger partial charge is 0.309 e. The van der Waals surface area contributed by atoms with Crippen LogP contribution in [0.25, 0.3) is 33.4 Å². The number of hydrogen-bond acceptors (Lipinski definition) is 5. The van der Waals surface area contributed by atoms with Crippen LogP contribution in [0.1, 0.15) is 36.5 Å². The van der Waals surface area contributed by atoms with Crippen molar-refractivity contribution in [1.29, 1.82) is 0 Å². The average Bonchev–Trinajstić information content (AvgIpc) is 3.14. The van der Waals surface area contributed by atoms with Crippen molar-refractivity contribution >= 4 is 16.9 Å². The maximum Gasteiger partial charge on any atom is 0.309 e. The SMILES string of the molecule is CC[C@@]1(O)CC(=O)OCc2c1cc1n(c2=O)Cc2c-1nc1cc(F)cc(F)c1c2-c1c(F)cc(F)cc1F. The molecular weight excluding hydrogens is 511 g/mol. The van der Waals surface area contributed by atoms with Crippen LogP contribution in [0.4, 0.5) is 22.0 Å². The first kappa shape index (κ1) is 24.2. The number of carbonyl (C=O) groups excluding carboxylic acids is 1. The Bertz CT molecular complexity index is 1760. The number of esters is 1. The van der Waals surface area contributed by atoms with Gasteiger partial charge in [0, 0.05) is 40.8 Å². The van der Waals surface area contributed by atoms with Gasteiger partial charge < -0.3 is 14.4 Å². The third-order valence-corrected chi connectivity index (χ3v) is 7.22. The van der Waals surface area contributed by atoms with Crippen LogP contribution in [0.3, 0.4) is 0 Å². The van der Waals surface area contributed by atoms with E-state index in [9.17, 15) is 23.5 Å². The Morgan fingerprint density at radius 1 is 0.947 bits per heavy atom. The van der Waals surface area contributed by atoms with Crippen LogP contribution in [0, 0.1) is 29.1 Å². The molecule has 0 bridgehead atoms. The zero-order chi connectivity index (χ0) is 27.1. The first-order valence-electron chi connectivity index (χ1n) is 11.6. The van der Waals surface area contributed by atoms with Gasteiger partial charge in [0.1, 0.15) is 41.3 Å². The fraction of sp³-hybridized carbons (Fsp3) is 0.222. The van der Waals surface area contributed by atoms with Gasteiger partial charge in [0.2, 0.25) is 0 Å². The Kier molecular flexibility index (Phi) is 5.22. The van der Waals surface area contributed by atoms with Crippen LogP contribution in [-0.2, 0) is 28.3 Å². The van der Waals surface area contributed by atoms with E-state index in [0.717, 1.165) is 6.07 Å². The number of rotatable bonds is 2. The summed E-state index contributed by atoms with van der Waals surface area (Å²) in [6.45, 7) is 0.895. The highest BCUT2D eigenvalue weighted by molar-refractivity contribution is 6.00. The van der Waals surface area contributed by atoms with Crippen molar-refractivity contribution in [2.45, 2.75) is 38.5 Å². The molecule has 2 aromatic carbocycles. The zero-order valence-electron chi connectivity index (χ0n) is 19.7. The summed E-state index contributed by atoms with van der Waals surface area (Å²) < 4.78 is 79.5. The fourth-order valence-electron chi connectivity index (χ4n) is 5.38. The molecule has 4 heterocycles. The minimum atomic E-state index is -1.74. The molecular formula is C27H17F5N2O4. The molecule has 0 fully saturated rings. The molecule has 0 unspecified atom stereocenters. The lowest BCUT2D eigenvalue weighted by atomic mass is 9.85. The second kappa shape index (κ2) is 8.19. The van der Waals surface area contributed by atoms with Gasteiger partial charge in [-0.2, -0.15) is 0 Å². The molecule has 0 spiro atoms. The number of cyclic esters (lactones) is 1. The number of nitrogens with zero attached hydrogens (tertiary/aromatic N) is 2. The first-order chi connectivity index (χ1) is 18.0. The van der Waals surface area contributed by atoms with E-state index in [1.165, 1.54) is 10.6 Å². The molecule has 1 atom stereocenters. The Labute approximate surface area is 210 Å². The van der Waals surface area contributed by atoms with E-state index in [2.05, 4.69) is 4.98 Å². The third-order valence-electron chi connectivity index (χ3n) is 7.22. The molecule has 4 aromatic rings. The van der Waals surface area contributed by atoms with E-state index in [1.54, 1.807) is 6.92 Å². The summed E-state index contributed by atoms with van der Waals surface area (Å²) in [6, 6.07) is 3.71. The minimum absolute atomic E-state index is 0.00419. The van der Waals surface area contributed by atoms with Gasteiger partial charge in [-0.05, 0) is 18.1 Å². The normalized spacial score (nSPS) is 18.1. The molecule has 38 heavy (non-hydrogen) atoms. The van der Waals surface area contributed by atoms with Crippen LogP contribution < -0.4 is 5.56 Å². The standard InChI is InChI=1S/C27H17F5N2O4/c1-2-27(37)8-21(35)38-10-14-15(27)7-20-25-13(9-34(20)26(14)36)22(23-16(30)3-11(28)4-17(23)31)24-18(32)5-12(29)6-19(24)33-25/h3-7,37H,2,8-10H2,1H3/t27-/m1/s1. The van der Waals surface area contributed by atoms with Gasteiger partial charge in [-0.25, -0.2) is 26.9 Å². The lowest BCUT2D eigenvalue weighted by Gasteiger charge is -2.26. The summed E-state index contributed by atoms with van der Waals surface area (Å²) in [7, 11) is 0. The lowest BCUT2D eigenvalue weighted by Crippen LogP contribution is -2.32. The predicted octanol–water partition coefficient (Wildman–Crippen LogP) is 4.83. The van der Waals surface area contributed by atoms with Gasteiger partial charge in [0.05, 0.1) is 41.0 Å². The summed E-state index contributed by atoms with van der Waals surface area (Å²) in [6.07, 6.45) is -0.352. The quantitative estimate of drug-likeness (QED) is 0.262. The fourth-order valence-corrected chi connectivity index (χ4v) is 5.38. The van der Waals surface area contributed by atoms with Crippen molar-refractivity contribution in [2.75, 3.05) is 0 Å². The van der Waals surface area contributed by atoms with Crippen LogP contribution >= 0.6 is 0 Å². The van der Waals surface area contributed by atoms with Crippen molar-refractivity contribution in [3.8, 4) is 22.5 Å². The van der Waals surface area contributed by atoms with Gasteiger partial charge in [-0.1, -0.05) is 6.92 Å². The second-order valence-corrected chi connectivity index (χ2v) is 9.38. The summed E-state index contributed by atoms with van der Waals surface area (Å²) in [5, 5.41) is 10.9. The average molecular weight is 528 g/mol. The van der Waals surface area contributed by atoms with Crippen LogP contribution in [0.5, 0.6) is 0 Å². The molecule has 0 radical (unpaired) electrons. The number of hydrogen-bond donors (Lipinski definition) is 1. The summed E-state index contributed by atoms with van der Waals surface area (Å²) >= 11 is 0. The zero-order valence-corrected chi connectivity index (χ0v) is 19.7. The maximum absolute atomic E-state index is 15.1. The molecule has 1 N–H and O–H groups in total. The Morgan fingerprint density at radius 3 is 2.29 bits per heavy atom. The van der Waals surface area contributed by atoms with E-state index in [4.69, 9.17) is 4.74 Å². The highest BCUT2D eigenvalue weighted by Gasteiger charge is 2.40. The molecule has 194 valence electrons. The van der Waals surface area contributed by atoms with Crippen molar-refractivity contribution in [3.05, 3.63) is 86.5 Å². The highest BCUT2D eigenvalue weighted by Crippen LogP contribution is 2.45. The summed E-state index contributed by atoms with van der Waals surface area (Å²) in [5.41, 5.74) is -3.50. The van der Waals surface area contributed by atoms with Crippen molar-refractivity contribution in [1.82, 2.24) is 9.55 Å². The summed E-state index contributed by atoms with van der Waals surface area (Å²) in [4.78, 5) is 30.0. The molecule has 0 aliphatic carbocycles. The largest absolute Gasteiger partial charge is 0.460 e. The molecule has 0 saturated heterocycles. The number of aromatic nitrogens is 2. The molecule has 0 saturated carbocycles. The number of halogens is 5. The number of carbonyl (C=O) groups is 1. The maximum atomic E-state index is 15.1. The van der Waals surface area contributed by atoms with Gasteiger partial charge in [0.25, 0.3) is 5.56 Å². The Hall–Kier alpha value is -4.12. The van der Waals surface area contributed by atoms with Crippen molar-refractivity contribution in [3.63, 3.8) is 0 Å². The third kappa shape index (κ3) is 3.38. The molecule has 2 aliphatic rings. The monoisotopic (exact) mass is 528 g/mol. The molecule has 6 nitrogen and oxygen atoms in total. The van der Waals surface area contributed by atoms with Crippen LogP contribution in [0.2, 0.25) is 0 Å². The predicted molar refractivity (Wildman–Crippen MR) is 124 cm³/mol. The number of fused-ring (bicyclic) bond motifs is 5. The molecule has 2 aromatic heterocycles. The van der Waals surface area contributed by atoms with Crippen molar-refractivity contribution < 1.29 is 36.6 Å². The number of pyridine rings is 2. The topological polar surface area (TPSA) is 81.4 Å². The Balaban J connectivity index is 1.73. The molecule has 0 amide bonds. The molecule has 6 rings (SSSR count). The van der Waals surface area contributed by atoms with E-state index in [1.807, 2.05) is 0 Å². The minimum Gasteiger partial charge on any atom is -0.460 e. The second-order valence-electron chi connectivity index (χ2n) is 9.38. The van der Waals surface area contributed by atoms with Crippen molar-refractivity contribution in [2.24, 2.45) is 0 Å². The van der Waals surface area contributed by atoms with E-state index in [-0.39, 0.29) is 52.1 Å². The summed E-state index contributed by atoms with van der Waals surface area (Å²) in [5.74, 6) is -6.70. The number of benzene rings is 2. The molecule has 2 aliphatic heterocycles. The van der Waals surface area contributed by atoms with Gasteiger partial charge in [-0.15, -0.1) is 0 Å². The van der Waals surface area contributed by atoms with Gasteiger partial charge in [0.15, 0.2) is 0 Å². The van der Waals surface area contributed by atoms with E-state index < -0.39 is 70.2 Å².